The summed E-state index contributed by atoms with van der Waals surface area (Å²) in [7, 11) is 0. The minimum atomic E-state index is -0.143. The number of nitrogens with one attached hydrogen (secondary N) is 2. The minimum absolute atomic E-state index is 0.143. The van der Waals surface area contributed by atoms with Gasteiger partial charge in [0.1, 0.15) is 5.82 Å². The van der Waals surface area contributed by atoms with Gasteiger partial charge in [0, 0.05) is 23.4 Å². The lowest BCUT2D eigenvalue weighted by molar-refractivity contribution is 1.10. The molecular weight excluding hydrogens is 180 g/mol. The number of aromatic nitrogens is 3. The molecule has 0 spiro atoms. The lowest BCUT2D eigenvalue weighted by Gasteiger charge is -1.97. The predicted octanol–water partition coefficient (Wildman–Crippen LogP) is 0.656. The molecule has 0 aromatic carbocycles. The Labute approximate surface area is 80.0 Å². The Kier molecular flexibility index (Phi) is 1.85. The molecule has 0 aliphatic carbocycles. The average Bonchev–Trinajstić information content (AvgIpc) is 2.48. The van der Waals surface area contributed by atoms with Crippen LogP contribution in [-0.2, 0) is 0 Å². The van der Waals surface area contributed by atoms with Crippen LogP contribution in [0.25, 0.3) is 11.3 Å². The van der Waals surface area contributed by atoms with Crippen molar-refractivity contribution in [2.45, 2.75) is 6.92 Å². The van der Waals surface area contributed by atoms with Crippen molar-refractivity contribution in [3.63, 3.8) is 0 Å². The van der Waals surface area contributed by atoms with Gasteiger partial charge in [0.05, 0.1) is 5.69 Å². The van der Waals surface area contributed by atoms with Crippen molar-refractivity contribution < 1.29 is 0 Å². The third-order valence-electron chi connectivity index (χ3n) is 2.11. The summed E-state index contributed by atoms with van der Waals surface area (Å²) in [6.45, 7) is 1.86. The van der Waals surface area contributed by atoms with E-state index in [0.717, 1.165) is 16.8 Å². The maximum Gasteiger partial charge on any atom is 0.248 e. The summed E-state index contributed by atoms with van der Waals surface area (Å²) in [6.07, 6.45) is 1.59. The normalized spacial score (nSPS) is 10.4. The van der Waals surface area contributed by atoms with Crippen LogP contribution >= 0.6 is 0 Å². The first-order chi connectivity index (χ1) is 6.68. The number of hydrogen-bond donors (Lipinski definition) is 3. The fourth-order valence-electron chi connectivity index (χ4n) is 1.29. The highest BCUT2D eigenvalue weighted by atomic mass is 16.1. The van der Waals surface area contributed by atoms with Crippen LogP contribution < -0.4 is 11.3 Å². The Morgan fingerprint density at radius 3 is 2.86 bits per heavy atom. The minimum Gasteiger partial charge on any atom is -0.382 e. The molecular formula is C9H10N4O. The van der Waals surface area contributed by atoms with Crippen molar-refractivity contribution >= 4 is 5.82 Å². The number of nitrogens with zero attached hydrogens (tertiary/aromatic N) is 1. The summed E-state index contributed by atoms with van der Waals surface area (Å²) in [5.74, 6) is 0.459. The molecule has 72 valence electrons. The van der Waals surface area contributed by atoms with Gasteiger partial charge in [-0.3, -0.25) is 9.89 Å². The largest absolute Gasteiger partial charge is 0.382 e. The lowest BCUT2D eigenvalue weighted by Crippen LogP contribution is -2.02. The monoisotopic (exact) mass is 190 g/mol. The molecule has 2 aromatic rings. The zero-order valence-corrected chi connectivity index (χ0v) is 7.66. The molecule has 2 aromatic heterocycles. The molecule has 0 radical (unpaired) electrons. The first-order valence-corrected chi connectivity index (χ1v) is 4.18. The number of nitrogens with two attached hydrogens (primary N) is 1. The maximum absolute atomic E-state index is 11.1. The predicted molar refractivity (Wildman–Crippen MR) is 53.8 cm³/mol. The van der Waals surface area contributed by atoms with Crippen molar-refractivity contribution in [1.29, 1.82) is 0 Å². The quantitative estimate of drug-likeness (QED) is 0.617. The van der Waals surface area contributed by atoms with Gasteiger partial charge in [0.15, 0.2) is 0 Å². The summed E-state index contributed by atoms with van der Waals surface area (Å²) in [5.41, 5.74) is 7.87. The number of aromatic amines is 2. The molecule has 0 aliphatic rings. The van der Waals surface area contributed by atoms with Gasteiger partial charge in [-0.2, -0.15) is 5.10 Å². The second-order valence-electron chi connectivity index (χ2n) is 3.05. The van der Waals surface area contributed by atoms with Crippen LogP contribution in [0.3, 0.4) is 0 Å². The summed E-state index contributed by atoms with van der Waals surface area (Å²) in [4.78, 5) is 13.6. The molecule has 5 nitrogen and oxygen atoms in total. The molecule has 0 aliphatic heterocycles. The molecule has 5 heteroatoms. The van der Waals surface area contributed by atoms with E-state index >= 15 is 0 Å². The summed E-state index contributed by atoms with van der Waals surface area (Å²) < 4.78 is 0. The van der Waals surface area contributed by atoms with Crippen LogP contribution in [-0.4, -0.2) is 15.2 Å². The molecule has 0 fully saturated rings. The van der Waals surface area contributed by atoms with E-state index in [2.05, 4.69) is 15.2 Å². The molecule has 0 atom stereocenters. The van der Waals surface area contributed by atoms with Gasteiger partial charge >= 0.3 is 0 Å². The Morgan fingerprint density at radius 2 is 2.29 bits per heavy atom. The van der Waals surface area contributed by atoms with E-state index in [-0.39, 0.29) is 5.56 Å². The SMILES string of the molecule is Cc1c(N)n[nH]c1-c1cc[nH]c(=O)c1. The Morgan fingerprint density at radius 1 is 1.50 bits per heavy atom. The van der Waals surface area contributed by atoms with E-state index in [0.29, 0.717) is 5.82 Å². The Balaban J connectivity index is 2.60. The highest BCUT2D eigenvalue weighted by molar-refractivity contribution is 5.66. The van der Waals surface area contributed by atoms with Gasteiger partial charge in [0.2, 0.25) is 5.56 Å². The molecule has 2 heterocycles. The van der Waals surface area contributed by atoms with E-state index < -0.39 is 0 Å². The molecule has 0 amide bonds. The van der Waals surface area contributed by atoms with Crippen LogP contribution in [0, 0.1) is 6.92 Å². The van der Waals surface area contributed by atoms with Crippen LogP contribution in [0.2, 0.25) is 0 Å². The van der Waals surface area contributed by atoms with E-state index in [1.165, 1.54) is 6.07 Å². The number of rotatable bonds is 1. The average molecular weight is 190 g/mol. The molecule has 2 rings (SSSR count). The van der Waals surface area contributed by atoms with Crippen LogP contribution in [0.5, 0.6) is 0 Å². The van der Waals surface area contributed by atoms with Crippen LogP contribution in [0.1, 0.15) is 5.56 Å². The van der Waals surface area contributed by atoms with Crippen molar-refractivity contribution in [3.05, 3.63) is 34.2 Å². The number of pyridine rings is 1. The van der Waals surface area contributed by atoms with Crippen molar-refractivity contribution in [3.8, 4) is 11.3 Å². The molecule has 0 saturated heterocycles. The molecule has 4 N–H and O–H groups in total. The summed E-state index contributed by atoms with van der Waals surface area (Å²) in [5, 5.41) is 6.65. The van der Waals surface area contributed by atoms with Gasteiger partial charge in [0.25, 0.3) is 0 Å². The number of hydrogen-bond acceptors (Lipinski definition) is 3. The maximum atomic E-state index is 11.1. The van der Waals surface area contributed by atoms with Crippen LogP contribution in [0.4, 0.5) is 5.82 Å². The second-order valence-corrected chi connectivity index (χ2v) is 3.05. The highest BCUT2D eigenvalue weighted by Gasteiger charge is 2.07. The second kappa shape index (κ2) is 3.02. The topological polar surface area (TPSA) is 87.6 Å². The molecule has 14 heavy (non-hydrogen) atoms. The lowest BCUT2D eigenvalue weighted by atomic mass is 10.1. The van der Waals surface area contributed by atoms with Gasteiger partial charge < -0.3 is 10.7 Å². The summed E-state index contributed by atoms with van der Waals surface area (Å²) in [6, 6.07) is 3.29. The van der Waals surface area contributed by atoms with Gasteiger partial charge in [-0.05, 0) is 13.0 Å². The number of H-pyrrole nitrogens is 2. The van der Waals surface area contributed by atoms with Crippen LogP contribution in [0.15, 0.2) is 23.1 Å². The highest BCUT2D eigenvalue weighted by Crippen LogP contribution is 2.22. The van der Waals surface area contributed by atoms with E-state index in [1.807, 2.05) is 6.92 Å². The fraction of sp³-hybridized carbons (Fsp3) is 0.111. The van der Waals surface area contributed by atoms with Gasteiger partial charge in [-0.15, -0.1) is 0 Å². The Bertz CT molecular complexity index is 512. The Hall–Kier alpha value is -2.04. The number of anilines is 1. The molecule has 0 saturated carbocycles. The van der Waals surface area contributed by atoms with E-state index in [1.54, 1.807) is 12.3 Å². The third kappa shape index (κ3) is 1.28. The van der Waals surface area contributed by atoms with Gasteiger partial charge in [-0.1, -0.05) is 0 Å². The molecule has 0 unspecified atom stereocenters. The number of nitrogen functional groups attached to an aromatic ring is 1. The fourth-order valence-corrected chi connectivity index (χ4v) is 1.29. The third-order valence-corrected chi connectivity index (χ3v) is 2.11. The van der Waals surface area contributed by atoms with Crippen molar-refractivity contribution in [1.82, 2.24) is 15.2 Å². The zero-order chi connectivity index (χ0) is 10.1. The standard InChI is InChI=1S/C9H10N4O/c1-5-8(12-13-9(5)10)6-2-3-11-7(14)4-6/h2-4H,1H3,(H,11,14)(H3,10,12,13). The molecule has 0 bridgehead atoms. The van der Waals surface area contributed by atoms with E-state index in [9.17, 15) is 4.79 Å². The van der Waals surface area contributed by atoms with Crippen molar-refractivity contribution in [2.24, 2.45) is 0 Å². The van der Waals surface area contributed by atoms with E-state index in [4.69, 9.17) is 5.73 Å². The first kappa shape index (κ1) is 8.55. The van der Waals surface area contributed by atoms with Gasteiger partial charge in [-0.25, -0.2) is 0 Å². The smallest absolute Gasteiger partial charge is 0.248 e. The zero-order valence-electron chi connectivity index (χ0n) is 7.66. The first-order valence-electron chi connectivity index (χ1n) is 4.18. The summed E-state index contributed by atoms with van der Waals surface area (Å²) >= 11 is 0. The van der Waals surface area contributed by atoms with Crippen molar-refractivity contribution in [2.75, 3.05) is 5.73 Å².